The van der Waals surface area contributed by atoms with Crippen molar-refractivity contribution in [1.29, 1.82) is 0 Å². The standard InChI is InChI=1S/C13H16OS2/c1-7-6-11(16-10(7)4)12(14)13-8(2)5-9(3)15-13/h5-6,12,14H,1-4H3. The second-order valence-electron chi connectivity index (χ2n) is 4.19. The van der Waals surface area contributed by atoms with Crippen molar-refractivity contribution in [3.8, 4) is 0 Å². The van der Waals surface area contributed by atoms with E-state index in [9.17, 15) is 5.11 Å². The average Bonchev–Trinajstić information content (AvgIpc) is 2.70. The average molecular weight is 252 g/mol. The summed E-state index contributed by atoms with van der Waals surface area (Å²) in [5.41, 5.74) is 2.46. The molecule has 0 saturated carbocycles. The van der Waals surface area contributed by atoms with Crippen LogP contribution in [0.15, 0.2) is 12.1 Å². The second kappa shape index (κ2) is 4.32. The van der Waals surface area contributed by atoms with Crippen LogP contribution < -0.4 is 0 Å². The Morgan fingerprint density at radius 2 is 1.69 bits per heavy atom. The van der Waals surface area contributed by atoms with E-state index in [4.69, 9.17) is 0 Å². The third-order valence-corrected chi connectivity index (χ3v) is 5.19. The van der Waals surface area contributed by atoms with E-state index >= 15 is 0 Å². The predicted octanol–water partition coefficient (Wildman–Crippen LogP) is 4.12. The summed E-state index contributed by atoms with van der Waals surface area (Å²) in [5, 5.41) is 10.3. The maximum Gasteiger partial charge on any atom is 0.123 e. The van der Waals surface area contributed by atoms with Gasteiger partial charge >= 0.3 is 0 Å². The Kier molecular flexibility index (Phi) is 3.19. The van der Waals surface area contributed by atoms with Crippen molar-refractivity contribution in [1.82, 2.24) is 0 Å². The number of hydrogen-bond donors (Lipinski definition) is 1. The molecule has 16 heavy (non-hydrogen) atoms. The van der Waals surface area contributed by atoms with Crippen molar-refractivity contribution < 1.29 is 5.11 Å². The summed E-state index contributed by atoms with van der Waals surface area (Å²) >= 11 is 3.38. The molecule has 0 radical (unpaired) electrons. The summed E-state index contributed by atoms with van der Waals surface area (Å²) in [6.45, 7) is 8.34. The zero-order valence-corrected chi connectivity index (χ0v) is 11.6. The van der Waals surface area contributed by atoms with Gasteiger partial charge in [0.2, 0.25) is 0 Å². The van der Waals surface area contributed by atoms with Crippen molar-refractivity contribution in [3.63, 3.8) is 0 Å². The fraction of sp³-hybridized carbons (Fsp3) is 0.385. The van der Waals surface area contributed by atoms with Gasteiger partial charge in [0.25, 0.3) is 0 Å². The Bertz CT molecular complexity index is 488. The maximum atomic E-state index is 10.3. The van der Waals surface area contributed by atoms with Crippen LogP contribution in [-0.2, 0) is 0 Å². The molecular formula is C13H16OS2. The SMILES string of the molecule is Cc1cc(C)c(C(O)c2cc(C)c(C)s2)s1. The van der Waals surface area contributed by atoms with Crippen LogP contribution in [0.5, 0.6) is 0 Å². The molecule has 0 amide bonds. The lowest BCUT2D eigenvalue weighted by molar-refractivity contribution is 0.227. The van der Waals surface area contributed by atoms with Gasteiger partial charge in [0.05, 0.1) is 0 Å². The topological polar surface area (TPSA) is 20.2 Å². The third-order valence-electron chi connectivity index (χ3n) is 2.78. The zero-order valence-electron chi connectivity index (χ0n) is 10.00. The first-order valence-electron chi connectivity index (χ1n) is 5.31. The van der Waals surface area contributed by atoms with E-state index in [0.29, 0.717) is 0 Å². The van der Waals surface area contributed by atoms with Crippen molar-refractivity contribution >= 4 is 22.7 Å². The molecule has 0 saturated heterocycles. The Labute approximate surface area is 104 Å². The normalized spacial score (nSPS) is 13.1. The molecule has 0 aliphatic heterocycles. The molecular weight excluding hydrogens is 236 g/mol. The van der Waals surface area contributed by atoms with Gasteiger partial charge in [-0.05, 0) is 51.0 Å². The van der Waals surface area contributed by atoms with E-state index in [1.807, 2.05) is 0 Å². The van der Waals surface area contributed by atoms with E-state index < -0.39 is 6.10 Å². The van der Waals surface area contributed by atoms with Crippen molar-refractivity contribution in [2.24, 2.45) is 0 Å². The minimum Gasteiger partial charge on any atom is -0.382 e. The highest BCUT2D eigenvalue weighted by atomic mass is 32.1. The van der Waals surface area contributed by atoms with E-state index in [-0.39, 0.29) is 0 Å². The summed E-state index contributed by atoms with van der Waals surface area (Å²) in [7, 11) is 0. The van der Waals surface area contributed by atoms with E-state index in [0.717, 1.165) is 9.75 Å². The van der Waals surface area contributed by atoms with Gasteiger partial charge in [-0.3, -0.25) is 0 Å². The molecule has 0 fully saturated rings. The second-order valence-corrected chi connectivity index (χ2v) is 6.77. The number of aryl methyl sites for hydroxylation is 4. The summed E-state index contributed by atoms with van der Waals surface area (Å²) in [4.78, 5) is 4.69. The van der Waals surface area contributed by atoms with Gasteiger partial charge in [0.15, 0.2) is 0 Å². The number of aliphatic hydroxyl groups is 1. The van der Waals surface area contributed by atoms with E-state index in [1.54, 1.807) is 22.7 Å². The van der Waals surface area contributed by atoms with Gasteiger partial charge in [-0.2, -0.15) is 0 Å². The molecule has 0 aromatic carbocycles. The molecule has 1 N–H and O–H groups in total. The Morgan fingerprint density at radius 1 is 1.00 bits per heavy atom. The van der Waals surface area contributed by atoms with Crippen LogP contribution in [0.3, 0.4) is 0 Å². The molecule has 86 valence electrons. The van der Waals surface area contributed by atoms with Crippen LogP contribution in [0, 0.1) is 27.7 Å². The minimum absolute atomic E-state index is 0.448. The molecule has 1 nitrogen and oxygen atoms in total. The van der Waals surface area contributed by atoms with E-state index in [1.165, 1.54) is 20.9 Å². The van der Waals surface area contributed by atoms with Gasteiger partial charge in [0, 0.05) is 19.5 Å². The molecule has 2 rings (SSSR count). The lowest BCUT2D eigenvalue weighted by Crippen LogP contribution is -1.95. The number of rotatable bonds is 2. The van der Waals surface area contributed by atoms with Crippen molar-refractivity contribution in [2.45, 2.75) is 33.8 Å². The van der Waals surface area contributed by atoms with Crippen molar-refractivity contribution in [2.75, 3.05) is 0 Å². The first-order valence-corrected chi connectivity index (χ1v) is 6.94. The minimum atomic E-state index is -0.448. The highest BCUT2D eigenvalue weighted by Crippen LogP contribution is 2.35. The smallest absolute Gasteiger partial charge is 0.123 e. The molecule has 0 aliphatic rings. The van der Waals surface area contributed by atoms with Crippen molar-refractivity contribution in [3.05, 3.63) is 42.8 Å². The Morgan fingerprint density at radius 3 is 2.12 bits per heavy atom. The Balaban J connectivity index is 2.38. The molecule has 2 aromatic heterocycles. The fourth-order valence-electron chi connectivity index (χ4n) is 1.80. The molecule has 0 spiro atoms. The predicted molar refractivity (Wildman–Crippen MR) is 71.6 cm³/mol. The maximum absolute atomic E-state index is 10.3. The summed E-state index contributed by atoms with van der Waals surface area (Å²) < 4.78 is 0. The monoisotopic (exact) mass is 252 g/mol. The van der Waals surface area contributed by atoms with Crippen LogP contribution in [0.2, 0.25) is 0 Å². The zero-order chi connectivity index (χ0) is 11.9. The molecule has 1 unspecified atom stereocenters. The van der Waals surface area contributed by atoms with Gasteiger partial charge in [-0.1, -0.05) is 0 Å². The third kappa shape index (κ3) is 2.08. The lowest BCUT2D eigenvalue weighted by Gasteiger charge is -2.07. The molecule has 1 atom stereocenters. The summed E-state index contributed by atoms with van der Waals surface area (Å²) in [6.07, 6.45) is -0.448. The number of hydrogen-bond acceptors (Lipinski definition) is 3. The lowest BCUT2D eigenvalue weighted by atomic mass is 10.1. The Hall–Kier alpha value is -0.640. The highest BCUT2D eigenvalue weighted by Gasteiger charge is 2.17. The van der Waals surface area contributed by atoms with Crippen LogP contribution >= 0.6 is 22.7 Å². The van der Waals surface area contributed by atoms with Gasteiger partial charge < -0.3 is 5.11 Å². The molecule has 2 aromatic rings. The van der Waals surface area contributed by atoms with E-state index in [2.05, 4.69) is 39.8 Å². The highest BCUT2D eigenvalue weighted by molar-refractivity contribution is 7.13. The molecule has 0 aliphatic carbocycles. The van der Waals surface area contributed by atoms with Gasteiger partial charge in [-0.25, -0.2) is 0 Å². The largest absolute Gasteiger partial charge is 0.382 e. The molecule has 0 bridgehead atoms. The molecule has 3 heteroatoms. The number of thiophene rings is 2. The quantitative estimate of drug-likeness (QED) is 0.852. The van der Waals surface area contributed by atoms with Crippen LogP contribution in [0.1, 0.15) is 36.7 Å². The summed E-state index contributed by atoms with van der Waals surface area (Å²) in [5.74, 6) is 0. The summed E-state index contributed by atoms with van der Waals surface area (Å²) in [6, 6.07) is 4.23. The first-order chi connectivity index (χ1) is 7.49. The van der Waals surface area contributed by atoms with Gasteiger partial charge in [0.1, 0.15) is 6.10 Å². The van der Waals surface area contributed by atoms with Gasteiger partial charge in [-0.15, -0.1) is 22.7 Å². The molecule has 2 heterocycles. The number of aliphatic hydroxyl groups excluding tert-OH is 1. The first kappa shape index (κ1) is 11.8. The fourth-order valence-corrected chi connectivity index (χ4v) is 3.95. The van der Waals surface area contributed by atoms with Crippen LogP contribution in [-0.4, -0.2) is 5.11 Å². The van der Waals surface area contributed by atoms with Crippen LogP contribution in [0.4, 0.5) is 0 Å². The van der Waals surface area contributed by atoms with Crippen LogP contribution in [0.25, 0.3) is 0 Å².